The Morgan fingerprint density at radius 2 is 1.94 bits per heavy atom. The van der Waals surface area contributed by atoms with Gasteiger partial charge >= 0.3 is 0 Å². The minimum Gasteiger partial charge on any atom is -0.352 e. The van der Waals surface area contributed by atoms with Gasteiger partial charge in [0.05, 0.1) is 0 Å². The quantitative estimate of drug-likeness (QED) is 0.738. The Morgan fingerprint density at radius 1 is 1.22 bits per heavy atom. The molecule has 0 unspecified atom stereocenters. The van der Waals surface area contributed by atoms with Crippen molar-refractivity contribution in [1.29, 1.82) is 0 Å². The van der Waals surface area contributed by atoms with E-state index < -0.39 is 40.9 Å². The molecule has 4 rings (SSSR count). The maximum Gasteiger partial charge on any atom is 0.279 e. The third kappa shape index (κ3) is 4.25. The molecule has 2 aliphatic rings. The molecule has 1 N–H and O–H groups in total. The number of carbonyl (C=O) groups is 2. The normalized spacial score (nSPS) is 21.9. The van der Waals surface area contributed by atoms with Gasteiger partial charge in [0, 0.05) is 18.2 Å². The molecule has 1 aromatic carbocycles. The van der Waals surface area contributed by atoms with Gasteiger partial charge in [-0.2, -0.15) is 4.39 Å². The van der Waals surface area contributed by atoms with Gasteiger partial charge in [0.2, 0.25) is 23.2 Å². The fourth-order valence-electron chi connectivity index (χ4n) is 4.70. The summed E-state index contributed by atoms with van der Waals surface area (Å²) >= 11 is 0. The first kappa shape index (κ1) is 22.4. The van der Waals surface area contributed by atoms with Crippen LogP contribution in [0.2, 0.25) is 0 Å². The van der Waals surface area contributed by atoms with Crippen LogP contribution in [-0.4, -0.2) is 40.5 Å². The van der Waals surface area contributed by atoms with Gasteiger partial charge in [-0.25, -0.2) is 8.78 Å². The molecule has 9 heteroatoms. The number of amides is 2. The van der Waals surface area contributed by atoms with E-state index in [-0.39, 0.29) is 35.9 Å². The van der Waals surface area contributed by atoms with Crippen LogP contribution in [0.3, 0.4) is 0 Å². The van der Waals surface area contributed by atoms with Crippen LogP contribution in [0.1, 0.15) is 56.4 Å². The number of aromatic nitrogens is 1. The van der Waals surface area contributed by atoms with Crippen LogP contribution in [0.15, 0.2) is 22.7 Å². The molecule has 1 aromatic heterocycles. The third-order valence-corrected chi connectivity index (χ3v) is 6.34. The summed E-state index contributed by atoms with van der Waals surface area (Å²) in [4.78, 5) is 27.6. The number of hydrogen-bond acceptors (Lipinski definition) is 4. The zero-order valence-corrected chi connectivity index (χ0v) is 18.0. The highest BCUT2D eigenvalue weighted by Crippen LogP contribution is 2.32. The highest BCUT2D eigenvalue weighted by atomic mass is 19.2. The van der Waals surface area contributed by atoms with Gasteiger partial charge in [0.15, 0.2) is 11.6 Å². The molecular weight excluding hydrogens is 423 g/mol. The number of rotatable bonds is 5. The standard InChI is InChI=1S/C23H26F3N3O3/c1-12(2)9-18-22(30)27-17(13-5-3-4-6-13)11-29(18)23(31)20-19(26)21(32-28-20)14-7-8-15(24)16(25)10-14/h7-8,10,12-13,17-18H,3-6,9,11H2,1-2H3,(H,27,30)/t17-,18+/m1/s1. The topological polar surface area (TPSA) is 75.4 Å². The minimum absolute atomic E-state index is 0.0769. The summed E-state index contributed by atoms with van der Waals surface area (Å²) in [6, 6.07) is 1.82. The molecule has 32 heavy (non-hydrogen) atoms. The first-order valence-electron chi connectivity index (χ1n) is 11.0. The van der Waals surface area contributed by atoms with Crippen LogP contribution >= 0.6 is 0 Å². The summed E-state index contributed by atoms with van der Waals surface area (Å²) in [5, 5.41) is 6.65. The molecule has 6 nitrogen and oxygen atoms in total. The van der Waals surface area contributed by atoms with Crippen LogP contribution in [0.25, 0.3) is 11.3 Å². The smallest absolute Gasteiger partial charge is 0.279 e. The van der Waals surface area contributed by atoms with Crippen LogP contribution < -0.4 is 5.32 Å². The number of piperazine rings is 1. The lowest BCUT2D eigenvalue weighted by Gasteiger charge is -2.41. The van der Waals surface area contributed by atoms with Crippen LogP contribution in [0.5, 0.6) is 0 Å². The van der Waals surface area contributed by atoms with Crippen molar-refractivity contribution < 1.29 is 27.3 Å². The summed E-state index contributed by atoms with van der Waals surface area (Å²) in [6.07, 6.45) is 4.52. The summed E-state index contributed by atoms with van der Waals surface area (Å²) in [7, 11) is 0. The third-order valence-electron chi connectivity index (χ3n) is 6.34. The number of halogens is 3. The van der Waals surface area contributed by atoms with Crippen molar-refractivity contribution in [1.82, 2.24) is 15.4 Å². The zero-order valence-electron chi connectivity index (χ0n) is 18.0. The molecular formula is C23H26F3N3O3. The average Bonchev–Trinajstić information content (AvgIpc) is 3.41. The SMILES string of the molecule is CC(C)C[C@H]1C(=O)N[C@@H](C2CCCC2)CN1C(=O)c1noc(-c2ccc(F)c(F)c2)c1F. The Balaban J connectivity index is 1.64. The average molecular weight is 449 g/mol. The number of nitrogens with one attached hydrogen (secondary N) is 1. The Labute approximate surface area is 184 Å². The maximum absolute atomic E-state index is 15.1. The lowest BCUT2D eigenvalue weighted by atomic mass is 9.91. The van der Waals surface area contributed by atoms with Crippen molar-refractivity contribution in [2.24, 2.45) is 11.8 Å². The van der Waals surface area contributed by atoms with E-state index in [1.807, 2.05) is 13.8 Å². The highest BCUT2D eigenvalue weighted by Gasteiger charge is 2.42. The van der Waals surface area contributed by atoms with Crippen LogP contribution in [-0.2, 0) is 4.79 Å². The molecule has 2 atom stereocenters. The van der Waals surface area contributed by atoms with Gasteiger partial charge in [0.25, 0.3) is 5.91 Å². The van der Waals surface area contributed by atoms with Crippen molar-refractivity contribution >= 4 is 11.8 Å². The molecule has 172 valence electrons. The van der Waals surface area contributed by atoms with E-state index in [1.54, 1.807) is 0 Å². The van der Waals surface area contributed by atoms with Gasteiger partial charge in [-0.15, -0.1) is 0 Å². The number of benzene rings is 1. The second-order valence-electron chi connectivity index (χ2n) is 9.07. The van der Waals surface area contributed by atoms with Gasteiger partial charge < -0.3 is 14.7 Å². The highest BCUT2D eigenvalue weighted by molar-refractivity contribution is 5.97. The van der Waals surface area contributed by atoms with E-state index in [1.165, 1.54) is 4.90 Å². The number of nitrogens with zero attached hydrogens (tertiary/aromatic N) is 2. The van der Waals surface area contributed by atoms with Gasteiger partial charge in [-0.1, -0.05) is 31.8 Å². The Kier molecular flexibility index (Phi) is 6.26. The summed E-state index contributed by atoms with van der Waals surface area (Å²) < 4.78 is 46.9. The molecule has 0 bridgehead atoms. The summed E-state index contributed by atoms with van der Waals surface area (Å²) in [5.74, 6) is -4.37. The molecule has 2 fully saturated rings. The molecule has 2 heterocycles. The molecule has 1 saturated carbocycles. The van der Waals surface area contributed by atoms with Gasteiger partial charge in [0.1, 0.15) is 6.04 Å². The van der Waals surface area contributed by atoms with Gasteiger partial charge in [-0.05, 0) is 49.3 Å². The largest absolute Gasteiger partial charge is 0.352 e. The Hall–Kier alpha value is -2.84. The Morgan fingerprint density at radius 3 is 2.59 bits per heavy atom. The van der Waals surface area contributed by atoms with Crippen molar-refractivity contribution in [3.05, 3.63) is 41.3 Å². The van der Waals surface area contributed by atoms with Gasteiger partial charge in [-0.3, -0.25) is 9.59 Å². The van der Waals surface area contributed by atoms with Crippen LogP contribution in [0, 0.1) is 29.3 Å². The van der Waals surface area contributed by atoms with E-state index in [2.05, 4.69) is 10.5 Å². The number of hydrogen-bond donors (Lipinski definition) is 1. The van der Waals surface area contributed by atoms with E-state index >= 15 is 4.39 Å². The fourth-order valence-corrected chi connectivity index (χ4v) is 4.70. The van der Waals surface area contributed by atoms with Crippen LogP contribution in [0.4, 0.5) is 13.2 Å². The lowest BCUT2D eigenvalue weighted by Crippen LogP contribution is -2.63. The Bertz CT molecular complexity index is 1020. The second kappa shape index (κ2) is 8.96. The molecule has 2 amide bonds. The fraction of sp³-hybridized carbons (Fsp3) is 0.522. The molecule has 2 aromatic rings. The zero-order chi connectivity index (χ0) is 23.0. The minimum atomic E-state index is -1.17. The predicted molar refractivity (Wildman–Crippen MR) is 110 cm³/mol. The van der Waals surface area contributed by atoms with Crippen molar-refractivity contribution in [3.8, 4) is 11.3 Å². The first-order chi connectivity index (χ1) is 15.3. The first-order valence-corrected chi connectivity index (χ1v) is 11.0. The van der Waals surface area contributed by atoms with E-state index in [0.29, 0.717) is 6.42 Å². The van der Waals surface area contributed by atoms with E-state index in [9.17, 15) is 18.4 Å². The summed E-state index contributed by atoms with van der Waals surface area (Å²) in [5.41, 5.74) is -0.648. The summed E-state index contributed by atoms with van der Waals surface area (Å²) in [6.45, 7) is 4.15. The molecule has 0 spiro atoms. The van der Waals surface area contributed by atoms with Crippen molar-refractivity contribution in [3.63, 3.8) is 0 Å². The van der Waals surface area contributed by atoms with Crippen molar-refractivity contribution in [2.45, 2.75) is 58.0 Å². The van der Waals surface area contributed by atoms with Crippen molar-refractivity contribution in [2.75, 3.05) is 6.54 Å². The monoisotopic (exact) mass is 449 g/mol. The molecule has 1 aliphatic carbocycles. The van der Waals surface area contributed by atoms with E-state index in [4.69, 9.17) is 4.52 Å². The second-order valence-corrected chi connectivity index (χ2v) is 9.07. The molecule has 1 aliphatic heterocycles. The molecule has 1 saturated heterocycles. The molecule has 0 radical (unpaired) electrons. The predicted octanol–water partition coefficient (Wildman–Crippen LogP) is 4.30. The van der Waals surface area contributed by atoms with E-state index in [0.717, 1.165) is 43.9 Å². The maximum atomic E-state index is 15.1. The lowest BCUT2D eigenvalue weighted by molar-refractivity contribution is -0.130. The number of carbonyl (C=O) groups excluding carboxylic acids is 2.